The fourth-order valence-corrected chi connectivity index (χ4v) is 2.28. The number of nitrogens with two attached hydrogens (primary N) is 1. The molecule has 0 amide bonds. The number of nitrogen functional groups attached to an aromatic ring is 1. The standard InChI is InChI=1S/C13H15BrN4O/c1-18(7-9-4-3-5-10(14)6-9)13-11(19-2)12(15)16-8-17-13/h3-6,8H,7H2,1-2H3,(H2,15,16,17). The summed E-state index contributed by atoms with van der Waals surface area (Å²) >= 11 is 3.46. The normalized spacial score (nSPS) is 10.3. The summed E-state index contributed by atoms with van der Waals surface area (Å²) in [5.74, 6) is 1.52. The third kappa shape index (κ3) is 3.14. The minimum Gasteiger partial charge on any atom is -0.490 e. The van der Waals surface area contributed by atoms with Gasteiger partial charge in [-0.25, -0.2) is 9.97 Å². The monoisotopic (exact) mass is 322 g/mol. The number of benzene rings is 1. The maximum atomic E-state index is 5.78. The van der Waals surface area contributed by atoms with Crippen molar-refractivity contribution in [1.82, 2.24) is 9.97 Å². The minimum atomic E-state index is 0.341. The van der Waals surface area contributed by atoms with Crippen molar-refractivity contribution in [2.75, 3.05) is 24.8 Å². The van der Waals surface area contributed by atoms with Crippen molar-refractivity contribution in [3.8, 4) is 5.75 Å². The first kappa shape index (κ1) is 13.6. The zero-order valence-electron chi connectivity index (χ0n) is 10.8. The van der Waals surface area contributed by atoms with Gasteiger partial charge in [0.2, 0.25) is 5.75 Å². The van der Waals surface area contributed by atoms with Gasteiger partial charge in [0, 0.05) is 18.1 Å². The fraction of sp³-hybridized carbons (Fsp3) is 0.231. The van der Waals surface area contributed by atoms with E-state index in [4.69, 9.17) is 10.5 Å². The fourth-order valence-electron chi connectivity index (χ4n) is 1.83. The average molecular weight is 323 g/mol. The molecule has 0 aliphatic rings. The molecule has 0 radical (unpaired) electrons. The molecule has 1 aromatic heterocycles. The highest BCUT2D eigenvalue weighted by Gasteiger charge is 2.14. The summed E-state index contributed by atoms with van der Waals surface area (Å²) in [6.07, 6.45) is 1.44. The van der Waals surface area contributed by atoms with E-state index in [1.807, 2.05) is 24.1 Å². The van der Waals surface area contributed by atoms with Crippen LogP contribution in [-0.4, -0.2) is 24.1 Å². The van der Waals surface area contributed by atoms with Crippen LogP contribution in [0.3, 0.4) is 0 Å². The Kier molecular flexibility index (Phi) is 4.21. The van der Waals surface area contributed by atoms with Crippen LogP contribution in [0.2, 0.25) is 0 Å². The highest BCUT2D eigenvalue weighted by atomic mass is 79.9. The molecule has 0 aliphatic heterocycles. The lowest BCUT2D eigenvalue weighted by Crippen LogP contribution is -2.19. The van der Waals surface area contributed by atoms with Crippen molar-refractivity contribution >= 4 is 27.6 Å². The van der Waals surface area contributed by atoms with E-state index in [2.05, 4.69) is 38.0 Å². The van der Waals surface area contributed by atoms with Crippen molar-refractivity contribution in [3.05, 3.63) is 40.6 Å². The Hall–Kier alpha value is -1.82. The van der Waals surface area contributed by atoms with E-state index < -0.39 is 0 Å². The third-order valence-corrected chi connectivity index (χ3v) is 3.18. The zero-order valence-corrected chi connectivity index (χ0v) is 12.4. The smallest absolute Gasteiger partial charge is 0.204 e. The van der Waals surface area contributed by atoms with Gasteiger partial charge in [-0.15, -0.1) is 0 Å². The molecule has 0 spiro atoms. The van der Waals surface area contributed by atoms with Gasteiger partial charge in [0.25, 0.3) is 0 Å². The molecule has 0 unspecified atom stereocenters. The number of nitrogens with zero attached hydrogens (tertiary/aromatic N) is 3. The van der Waals surface area contributed by atoms with Crippen LogP contribution in [-0.2, 0) is 6.54 Å². The highest BCUT2D eigenvalue weighted by molar-refractivity contribution is 9.10. The van der Waals surface area contributed by atoms with Gasteiger partial charge < -0.3 is 15.4 Å². The van der Waals surface area contributed by atoms with Crippen LogP contribution in [0.1, 0.15) is 5.56 Å². The molecule has 1 heterocycles. The molecular formula is C13H15BrN4O. The highest BCUT2D eigenvalue weighted by Crippen LogP contribution is 2.29. The van der Waals surface area contributed by atoms with Crippen molar-refractivity contribution in [2.45, 2.75) is 6.54 Å². The SMILES string of the molecule is COc1c(N)ncnc1N(C)Cc1cccc(Br)c1. The van der Waals surface area contributed by atoms with Gasteiger partial charge in [0.05, 0.1) is 7.11 Å². The number of rotatable bonds is 4. The van der Waals surface area contributed by atoms with Gasteiger partial charge in [-0.1, -0.05) is 28.1 Å². The molecule has 2 aromatic rings. The number of anilines is 2. The van der Waals surface area contributed by atoms with Crippen LogP contribution >= 0.6 is 15.9 Å². The predicted molar refractivity (Wildman–Crippen MR) is 79.2 cm³/mol. The molecule has 6 heteroatoms. The molecule has 0 saturated heterocycles. The summed E-state index contributed by atoms with van der Waals surface area (Å²) in [6, 6.07) is 8.11. The Morgan fingerprint density at radius 2 is 2.16 bits per heavy atom. The van der Waals surface area contributed by atoms with E-state index in [-0.39, 0.29) is 0 Å². The molecule has 0 fully saturated rings. The number of ether oxygens (including phenoxy) is 1. The molecule has 5 nitrogen and oxygen atoms in total. The lowest BCUT2D eigenvalue weighted by Gasteiger charge is -2.20. The summed E-state index contributed by atoms with van der Waals surface area (Å²) < 4.78 is 6.31. The second-order valence-corrected chi connectivity index (χ2v) is 5.02. The van der Waals surface area contributed by atoms with E-state index in [1.165, 1.54) is 6.33 Å². The van der Waals surface area contributed by atoms with Crippen LogP contribution in [0.25, 0.3) is 0 Å². The third-order valence-electron chi connectivity index (χ3n) is 2.69. The van der Waals surface area contributed by atoms with Gasteiger partial charge >= 0.3 is 0 Å². The molecule has 100 valence electrons. The molecule has 0 bridgehead atoms. The van der Waals surface area contributed by atoms with Gasteiger partial charge in [-0.3, -0.25) is 0 Å². The molecule has 0 atom stereocenters. The number of halogens is 1. The molecule has 0 aliphatic carbocycles. The van der Waals surface area contributed by atoms with Gasteiger partial charge in [0.1, 0.15) is 6.33 Å². The van der Waals surface area contributed by atoms with Crippen LogP contribution in [0, 0.1) is 0 Å². The van der Waals surface area contributed by atoms with E-state index in [0.29, 0.717) is 23.9 Å². The Labute approximate surface area is 120 Å². The van der Waals surface area contributed by atoms with E-state index in [9.17, 15) is 0 Å². The van der Waals surface area contributed by atoms with Gasteiger partial charge in [0.15, 0.2) is 11.6 Å². The Balaban J connectivity index is 2.25. The summed E-state index contributed by atoms with van der Waals surface area (Å²) in [4.78, 5) is 10.1. The number of methoxy groups -OCH3 is 1. The van der Waals surface area contributed by atoms with Gasteiger partial charge in [-0.05, 0) is 17.7 Å². The summed E-state index contributed by atoms with van der Waals surface area (Å²) in [6.45, 7) is 0.701. The number of hydrogen-bond acceptors (Lipinski definition) is 5. The van der Waals surface area contributed by atoms with Crippen LogP contribution < -0.4 is 15.4 Å². The summed E-state index contributed by atoms with van der Waals surface area (Å²) in [5.41, 5.74) is 6.94. The quantitative estimate of drug-likeness (QED) is 0.936. The average Bonchev–Trinajstić information content (AvgIpc) is 2.38. The first-order chi connectivity index (χ1) is 9.11. The second kappa shape index (κ2) is 5.88. The lowest BCUT2D eigenvalue weighted by molar-refractivity contribution is 0.413. The maximum absolute atomic E-state index is 5.78. The second-order valence-electron chi connectivity index (χ2n) is 4.10. The summed E-state index contributed by atoms with van der Waals surface area (Å²) in [5, 5.41) is 0. The zero-order chi connectivity index (χ0) is 13.8. The number of hydrogen-bond donors (Lipinski definition) is 1. The predicted octanol–water partition coefficient (Wildman–Crippen LogP) is 2.47. The minimum absolute atomic E-state index is 0.341. The van der Waals surface area contributed by atoms with E-state index >= 15 is 0 Å². The number of aromatic nitrogens is 2. The maximum Gasteiger partial charge on any atom is 0.204 e. The van der Waals surface area contributed by atoms with Crippen molar-refractivity contribution < 1.29 is 4.74 Å². The van der Waals surface area contributed by atoms with Crippen molar-refractivity contribution in [3.63, 3.8) is 0 Å². The van der Waals surface area contributed by atoms with E-state index in [0.717, 1.165) is 10.0 Å². The molecule has 2 rings (SSSR count). The molecule has 2 N–H and O–H groups in total. The summed E-state index contributed by atoms with van der Waals surface area (Å²) in [7, 11) is 3.50. The first-order valence-electron chi connectivity index (χ1n) is 5.72. The van der Waals surface area contributed by atoms with Crippen LogP contribution in [0.5, 0.6) is 5.75 Å². The molecule has 0 saturated carbocycles. The Bertz CT molecular complexity index is 576. The Morgan fingerprint density at radius 3 is 2.84 bits per heavy atom. The van der Waals surface area contributed by atoms with Crippen molar-refractivity contribution in [1.29, 1.82) is 0 Å². The molecule has 1 aromatic carbocycles. The molecule has 19 heavy (non-hydrogen) atoms. The Morgan fingerprint density at radius 1 is 1.37 bits per heavy atom. The first-order valence-corrected chi connectivity index (χ1v) is 6.51. The van der Waals surface area contributed by atoms with Crippen molar-refractivity contribution in [2.24, 2.45) is 0 Å². The van der Waals surface area contributed by atoms with Gasteiger partial charge in [-0.2, -0.15) is 0 Å². The largest absolute Gasteiger partial charge is 0.490 e. The van der Waals surface area contributed by atoms with E-state index in [1.54, 1.807) is 7.11 Å². The molecular weight excluding hydrogens is 308 g/mol. The lowest BCUT2D eigenvalue weighted by atomic mass is 10.2. The van der Waals surface area contributed by atoms with Crippen LogP contribution in [0.15, 0.2) is 35.1 Å². The topological polar surface area (TPSA) is 64.3 Å². The van der Waals surface area contributed by atoms with Crippen LogP contribution in [0.4, 0.5) is 11.6 Å².